The van der Waals surface area contributed by atoms with Crippen molar-refractivity contribution in [1.29, 1.82) is 0 Å². The van der Waals surface area contributed by atoms with Crippen molar-refractivity contribution in [2.75, 3.05) is 0 Å². The zero-order valence-electron chi connectivity index (χ0n) is 32.5. The van der Waals surface area contributed by atoms with Gasteiger partial charge in [0.1, 0.15) is 0 Å². The number of hydrogen-bond acceptors (Lipinski definition) is 1. The Labute approximate surface area is 332 Å². The number of allylic oxidation sites excluding steroid dienone is 15. The Morgan fingerprint density at radius 2 is 1.34 bits per heavy atom. The minimum atomic E-state index is 0.320. The Balaban J connectivity index is 1.15. The van der Waals surface area contributed by atoms with E-state index in [0.717, 1.165) is 57.8 Å². The molecule has 1 aliphatic heterocycles. The summed E-state index contributed by atoms with van der Waals surface area (Å²) in [5.41, 5.74) is 17.1. The second-order valence-corrected chi connectivity index (χ2v) is 16.5. The summed E-state index contributed by atoms with van der Waals surface area (Å²) >= 11 is 0. The maximum absolute atomic E-state index is 4.79. The molecule has 4 aromatic carbocycles. The molecular formula is C55H51N. The molecule has 4 aromatic rings. The number of nitrogens with zero attached hydrogens (tertiary/aromatic N) is 1. The molecule has 10 rings (SSSR count). The Kier molecular flexibility index (Phi) is 9.69. The van der Waals surface area contributed by atoms with E-state index in [9.17, 15) is 0 Å². The fourth-order valence-corrected chi connectivity index (χ4v) is 10.2. The summed E-state index contributed by atoms with van der Waals surface area (Å²) < 4.78 is 0. The first-order valence-electron chi connectivity index (χ1n) is 21.3. The standard InChI is InChI=1S/C55H51N/c1-4-14-38(15-5-1)41-23-27-43(28-24-41)54-49-20-10-11-21-50(49)55(44-29-25-42(26-30-44)53-22-12-13-33-56-53)52-37-45(31-32-51(52)54)48-35-46(39-16-6-2-7-17-39)34-47(36-48)40-18-8-3-9-19-40/h1-4,6-9,13-14,16-21,25,27,29,31-35,37,41,47H,5,10-12,15,22-24,26,28,30,36H2. The smallest absolute Gasteiger partial charge is 0.0438 e. The maximum Gasteiger partial charge on any atom is 0.0438 e. The molecule has 56 heavy (non-hydrogen) atoms. The van der Waals surface area contributed by atoms with Crippen molar-refractivity contribution in [2.45, 2.75) is 83.0 Å². The molecule has 0 saturated heterocycles. The average Bonchev–Trinajstić information content (AvgIpc) is 3.29. The van der Waals surface area contributed by atoms with E-state index >= 15 is 0 Å². The third-order valence-electron chi connectivity index (χ3n) is 13.1. The normalized spacial score (nSPS) is 22.0. The minimum Gasteiger partial charge on any atom is -0.261 e. The summed E-state index contributed by atoms with van der Waals surface area (Å²) in [5, 5.41) is 5.78. The van der Waals surface area contributed by atoms with Crippen molar-refractivity contribution in [3.63, 3.8) is 0 Å². The minimum absolute atomic E-state index is 0.320. The third-order valence-corrected chi connectivity index (χ3v) is 13.1. The van der Waals surface area contributed by atoms with E-state index in [1.54, 1.807) is 11.1 Å². The van der Waals surface area contributed by atoms with Gasteiger partial charge in [-0.1, -0.05) is 145 Å². The van der Waals surface area contributed by atoms with E-state index in [0.29, 0.717) is 11.8 Å². The number of aliphatic imine (C=N–C) groups is 1. The first kappa shape index (κ1) is 34.9. The van der Waals surface area contributed by atoms with Gasteiger partial charge in [-0.3, -0.25) is 4.99 Å². The van der Waals surface area contributed by atoms with Crippen LogP contribution < -0.4 is 10.4 Å². The Hall–Kier alpha value is -5.53. The highest BCUT2D eigenvalue weighted by atomic mass is 14.7. The molecule has 0 N–H and O–H groups in total. The van der Waals surface area contributed by atoms with Crippen molar-refractivity contribution in [3.8, 4) is 0 Å². The Morgan fingerprint density at radius 3 is 2.05 bits per heavy atom. The summed E-state index contributed by atoms with van der Waals surface area (Å²) in [4.78, 5) is 4.79. The highest BCUT2D eigenvalue weighted by Gasteiger charge is 2.26. The molecule has 6 aliphatic rings. The molecule has 2 unspecified atom stereocenters. The van der Waals surface area contributed by atoms with Gasteiger partial charge in [-0.25, -0.2) is 0 Å². The van der Waals surface area contributed by atoms with Crippen LogP contribution in [-0.4, -0.2) is 5.71 Å². The topological polar surface area (TPSA) is 12.4 Å². The van der Waals surface area contributed by atoms with Crippen LogP contribution in [0.25, 0.3) is 45.2 Å². The molecule has 0 saturated carbocycles. The number of hydrogen-bond donors (Lipinski definition) is 0. The monoisotopic (exact) mass is 725 g/mol. The third kappa shape index (κ3) is 6.83. The molecule has 2 atom stereocenters. The molecule has 1 heteroatoms. The zero-order valence-corrected chi connectivity index (χ0v) is 32.5. The van der Waals surface area contributed by atoms with Crippen molar-refractivity contribution in [3.05, 3.63) is 189 Å². The Morgan fingerprint density at radius 1 is 0.571 bits per heavy atom. The lowest BCUT2D eigenvalue weighted by atomic mass is 9.76. The lowest BCUT2D eigenvalue weighted by molar-refractivity contribution is 0.539. The zero-order chi connectivity index (χ0) is 37.3. The largest absolute Gasteiger partial charge is 0.261 e. The molecule has 5 aliphatic carbocycles. The summed E-state index contributed by atoms with van der Waals surface area (Å²) in [6.07, 6.45) is 42.1. The van der Waals surface area contributed by atoms with Crippen LogP contribution in [0.3, 0.4) is 0 Å². The lowest BCUT2D eigenvalue weighted by Crippen LogP contribution is -2.34. The first-order valence-corrected chi connectivity index (χ1v) is 21.3. The summed E-state index contributed by atoms with van der Waals surface area (Å²) in [6.45, 7) is 0. The molecule has 0 fully saturated rings. The second-order valence-electron chi connectivity index (χ2n) is 16.5. The van der Waals surface area contributed by atoms with E-state index in [1.165, 1.54) is 96.3 Å². The predicted octanol–water partition coefficient (Wildman–Crippen LogP) is 13.2. The van der Waals surface area contributed by atoms with Gasteiger partial charge >= 0.3 is 0 Å². The highest BCUT2D eigenvalue weighted by Crippen LogP contribution is 2.43. The van der Waals surface area contributed by atoms with Crippen LogP contribution >= 0.6 is 0 Å². The molecule has 0 aromatic heterocycles. The van der Waals surface area contributed by atoms with Crippen molar-refractivity contribution in [2.24, 2.45) is 10.9 Å². The average molecular weight is 726 g/mol. The van der Waals surface area contributed by atoms with Crippen LogP contribution in [0.5, 0.6) is 0 Å². The molecule has 0 amide bonds. The fourth-order valence-electron chi connectivity index (χ4n) is 10.2. The van der Waals surface area contributed by atoms with Gasteiger partial charge in [0.05, 0.1) is 0 Å². The Bertz CT molecular complexity index is 2610. The molecule has 1 nitrogen and oxygen atoms in total. The van der Waals surface area contributed by atoms with Crippen molar-refractivity contribution >= 4 is 50.9 Å². The summed E-state index contributed by atoms with van der Waals surface area (Å²) in [7, 11) is 0. The van der Waals surface area contributed by atoms with Crippen LogP contribution in [0.4, 0.5) is 0 Å². The fraction of sp³-hybridized carbons (Fsp3) is 0.255. The van der Waals surface area contributed by atoms with Gasteiger partial charge in [0.15, 0.2) is 0 Å². The molecule has 276 valence electrons. The van der Waals surface area contributed by atoms with Crippen molar-refractivity contribution < 1.29 is 0 Å². The van der Waals surface area contributed by atoms with Gasteiger partial charge < -0.3 is 0 Å². The number of fused-ring (bicyclic) bond motifs is 2. The van der Waals surface area contributed by atoms with Gasteiger partial charge in [0.25, 0.3) is 0 Å². The van der Waals surface area contributed by atoms with Gasteiger partial charge in [0.2, 0.25) is 0 Å². The van der Waals surface area contributed by atoms with Crippen LogP contribution in [0.15, 0.2) is 156 Å². The van der Waals surface area contributed by atoms with E-state index in [1.807, 2.05) is 6.20 Å². The van der Waals surface area contributed by atoms with Gasteiger partial charge in [-0.05, 0) is 166 Å². The van der Waals surface area contributed by atoms with Gasteiger partial charge in [0, 0.05) is 17.8 Å². The van der Waals surface area contributed by atoms with E-state index in [-0.39, 0.29) is 0 Å². The number of rotatable bonds is 7. The number of benzene rings is 4. The van der Waals surface area contributed by atoms with Crippen LogP contribution in [0, 0.1) is 5.92 Å². The van der Waals surface area contributed by atoms with Gasteiger partial charge in [-0.2, -0.15) is 0 Å². The maximum atomic E-state index is 4.79. The molecule has 0 radical (unpaired) electrons. The van der Waals surface area contributed by atoms with E-state index in [2.05, 4.69) is 146 Å². The summed E-state index contributed by atoms with van der Waals surface area (Å²) in [5.74, 6) is 0.994. The van der Waals surface area contributed by atoms with Crippen LogP contribution in [0.2, 0.25) is 0 Å². The van der Waals surface area contributed by atoms with E-state index in [4.69, 9.17) is 4.99 Å². The molecule has 0 bridgehead atoms. The van der Waals surface area contributed by atoms with E-state index < -0.39 is 0 Å². The first-order chi connectivity index (χ1) is 27.8. The van der Waals surface area contributed by atoms with Crippen LogP contribution in [0.1, 0.15) is 111 Å². The van der Waals surface area contributed by atoms with Crippen molar-refractivity contribution in [1.82, 2.24) is 0 Å². The molecular weight excluding hydrogens is 675 g/mol. The SMILES string of the molecule is C1=CCCC(C2CC=C(c3c4c(c(C5=CC=C(C6=NC=CCC6)CC5)c5cc(C6=CC(c7ccccc7)=CC(c7ccccc7)C6)ccc35)=CCCC=4)CC2)=C1. The highest BCUT2D eigenvalue weighted by molar-refractivity contribution is 6.05. The van der Waals surface area contributed by atoms with Crippen LogP contribution in [-0.2, 0) is 0 Å². The van der Waals surface area contributed by atoms with Gasteiger partial charge in [-0.15, -0.1) is 0 Å². The summed E-state index contributed by atoms with van der Waals surface area (Å²) in [6, 6.07) is 29.6. The second kappa shape index (κ2) is 15.5. The predicted molar refractivity (Wildman–Crippen MR) is 240 cm³/mol. The quantitative estimate of drug-likeness (QED) is 0.180. The molecule has 0 spiro atoms. The lowest BCUT2D eigenvalue weighted by Gasteiger charge is -2.28. The molecule has 1 heterocycles.